The fraction of sp³-hybridized carbons (Fsp3) is 0.487. The predicted octanol–water partition coefficient (Wildman–Crippen LogP) is 5.16. The van der Waals surface area contributed by atoms with Crippen LogP contribution in [0.4, 0.5) is 4.79 Å². The van der Waals surface area contributed by atoms with Gasteiger partial charge in [0.25, 0.3) is 0 Å². The maximum absolute atomic E-state index is 14.1. The van der Waals surface area contributed by atoms with Gasteiger partial charge >= 0.3 is 6.09 Å². The van der Waals surface area contributed by atoms with Crippen molar-refractivity contribution in [3.8, 4) is 23.3 Å². The van der Waals surface area contributed by atoms with Gasteiger partial charge < -0.3 is 33.2 Å². The standard InChI is InChI=1S/C39H45N3O10S/c1-24(2)36(53(44,45)29-13-14-32-33(18-29)50-23-49-32)41-20-34-31(17-25-9-11-28(12-10-25)47-21-27-7-5-26(19-40)6-8-27)42(39(3,4)52-34)38(43)51-35-22-48-37-30(35)15-16-46-37/h5-14,18,24,30-31,34-37,41H,15-17,20-23H2,1-4H3/t30-,31-,34+,35-,36?,37+/m0/s1. The molecule has 1 N–H and O–H groups in total. The largest absolute Gasteiger partial charge is 0.489 e. The molecule has 0 aliphatic carbocycles. The molecule has 1 amide bonds. The Morgan fingerprint density at radius 1 is 1.02 bits per heavy atom. The van der Waals surface area contributed by atoms with E-state index in [1.165, 1.54) is 12.1 Å². The van der Waals surface area contributed by atoms with Crippen molar-refractivity contribution in [2.24, 2.45) is 11.8 Å². The fourth-order valence-electron chi connectivity index (χ4n) is 7.50. The van der Waals surface area contributed by atoms with Crippen LogP contribution in [0.25, 0.3) is 0 Å². The topological polar surface area (TPSA) is 155 Å². The highest BCUT2D eigenvalue weighted by Gasteiger charge is 2.52. The molecule has 13 nitrogen and oxygen atoms in total. The highest BCUT2D eigenvalue weighted by molar-refractivity contribution is 7.92. The molecule has 4 aliphatic heterocycles. The zero-order valence-corrected chi connectivity index (χ0v) is 31.0. The van der Waals surface area contributed by atoms with Gasteiger partial charge in [-0.2, -0.15) is 5.26 Å². The summed E-state index contributed by atoms with van der Waals surface area (Å²) in [7, 11) is -3.87. The molecule has 3 saturated heterocycles. The fourth-order valence-corrected chi connectivity index (χ4v) is 9.36. The molecule has 4 aliphatic rings. The van der Waals surface area contributed by atoms with Crippen molar-refractivity contribution in [1.29, 1.82) is 5.26 Å². The number of nitrogens with one attached hydrogen (secondary N) is 1. The summed E-state index contributed by atoms with van der Waals surface area (Å²) in [5.74, 6) is 1.21. The third kappa shape index (κ3) is 7.81. The van der Waals surface area contributed by atoms with Gasteiger partial charge in [0.05, 0.1) is 47.8 Å². The van der Waals surface area contributed by atoms with Crippen LogP contribution < -0.4 is 19.5 Å². The second-order valence-electron chi connectivity index (χ2n) is 14.6. The normalized spacial score (nSPS) is 24.9. The smallest absolute Gasteiger partial charge is 0.412 e. The molecule has 0 radical (unpaired) electrons. The lowest BCUT2D eigenvalue weighted by molar-refractivity contribution is -0.0911. The molecule has 282 valence electrons. The first-order valence-corrected chi connectivity index (χ1v) is 19.5. The van der Waals surface area contributed by atoms with Gasteiger partial charge in [-0.05, 0) is 80.1 Å². The van der Waals surface area contributed by atoms with Crippen LogP contribution in [0, 0.1) is 23.2 Å². The van der Waals surface area contributed by atoms with E-state index in [-0.39, 0.29) is 43.0 Å². The minimum Gasteiger partial charge on any atom is -0.489 e. The number of carbonyl (C=O) groups is 1. The number of hydrogen-bond acceptors (Lipinski definition) is 12. The zero-order chi connectivity index (χ0) is 37.3. The number of rotatable bonds is 12. The summed E-state index contributed by atoms with van der Waals surface area (Å²) in [6.07, 6.45) is -0.806. The van der Waals surface area contributed by atoms with E-state index >= 15 is 0 Å². The molecule has 3 aromatic rings. The molecule has 1 unspecified atom stereocenters. The lowest BCUT2D eigenvalue weighted by atomic mass is 9.99. The average Bonchev–Trinajstić information content (AvgIpc) is 3.93. The summed E-state index contributed by atoms with van der Waals surface area (Å²) in [6, 6.07) is 21.1. The maximum Gasteiger partial charge on any atom is 0.412 e. The summed E-state index contributed by atoms with van der Waals surface area (Å²) in [6.45, 7) is 8.65. The van der Waals surface area contributed by atoms with Gasteiger partial charge in [-0.15, -0.1) is 0 Å². The van der Waals surface area contributed by atoms with Gasteiger partial charge in [0, 0.05) is 12.6 Å². The third-order valence-electron chi connectivity index (χ3n) is 10.2. The number of benzene rings is 3. The van der Waals surface area contributed by atoms with Crippen LogP contribution >= 0.6 is 0 Å². The van der Waals surface area contributed by atoms with Gasteiger partial charge in [0.2, 0.25) is 6.79 Å². The van der Waals surface area contributed by atoms with Crippen molar-refractivity contribution in [1.82, 2.24) is 10.2 Å². The van der Waals surface area contributed by atoms with Gasteiger partial charge in [-0.25, -0.2) is 13.2 Å². The summed E-state index contributed by atoms with van der Waals surface area (Å²) in [5.41, 5.74) is 1.37. The molecule has 0 spiro atoms. The number of nitrogens with zero attached hydrogens (tertiary/aromatic N) is 2. The Kier molecular flexibility index (Phi) is 10.6. The van der Waals surface area contributed by atoms with Gasteiger partial charge in [-0.1, -0.05) is 38.1 Å². The minimum absolute atomic E-state index is 0.0356. The molecule has 3 fully saturated rings. The van der Waals surface area contributed by atoms with Crippen molar-refractivity contribution >= 4 is 15.9 Å². The van der Waals surface area contributed by atoms with Crippen LogP contribution in [0.1, 0.15) is 50.8 Å². The number of ether oxygens (including phenoxy) is 7. The van der Waals surface area contributed by atoms with Crippen molar-refractivity contribution in [3.63, 3.8) is 0 Å². The summed E-state index contributed by atoms with van der Waals surface area (Å²) in [4.78, 5) is 15.9. The first-order valence-electron chi connectivity index (χ1n) is 17.9. The Balaban J connectivity index is 1.10. The maximum atomic E-state index is 14.1. The van der Waals surface area contributed by atoms with Gasteiger partial charge in [0.1, 0.15) is 29.6 Å². The molecule has 3 aromatic carbocycles. The Morgan fingerprint density at radius 3 is 2.49 bits per heavy atom. The van der Waals surface area contributed by atoms with Crippen LogP contribution in [0.2, 0.25) is 0 Å². The Labute approximate surface area is 309 Å². The minimum atomic E-state index is -3.87. The SMILES string of the molecule is CC(C)C(NC[C@H]1OC(C)(C)N(C(=O)O[C@H]2CO[C@H]3OCC[C@H]32)[C@H]1Cc1ccc(OCc2ccc(C#N)cc2)cc1)S(=O)(=O)c1ccc2c(c1)OCO2. The molecular formula is C39H45N3O10S. The van der Waals surface area contributed by atoms with E-state index in [4.69, 9.17) is 38.4 Å². The molecule has 6 atom stereocenters. The summed E-state index contributed by atoms with van der Waals surface area (Å²) in [5, 5.41) is 11.4. The van der Waals surface area contributed by atoms with E-state index in [2.05, 4.69) is 11.4 Å². The van der Waals surface area contributed by atoms with E-state index < -0.39 is 45.3 Å². The lowest BCUT2D eigenvalue weighted by Crippen LogP contribution is -2.52. The molecule has 4 heterocycles. The highest BCUT2D eigenvalue weighted by atomic mass is 32.2. The molecular weight excluding hydrogens is 703 g/mol. The van der Waals surface area contributed by atoms with E-state index in [0.717, 1.165) is 17.5 Å². The number of amides is 1. The van der Waals surface area contributed by atoms with E-state index in [1.807, 2.05) is 64.1 Å². The first-order chi connectivity index (χ1) is 25.4. The van der Waals surface area contributed by atoms with Crippen LogP contribution in [-0.4, -0.2) is 81.6 Å². The number of fused-ring (bicyclic) bond motifs is 2. The highest BCUT2D eigenvalue weighted by Crippen LogP contribution is 2.39. The van der Waals surface area contributed by atoms with Crippen molar-refractivity contribution < 1.29 is 46.4 Å². The molecule has 14 heteroatoms. The molecule has 0 saturated carbocycles. The Hall–Kier alpha value is -4.39. The average molecular weight is 748 g/mol. The quantitative estimate of drug-likeness (QED) is 0.260. The summed E-state index contributed by atoms with van der Waals surface area (Å²) >= 11 is 0. The lowest BCUT2D eigenvalue weighted by Gasteiger charge is -2.34. The number of carbonyl (C=O) groups excluding carboxylic acids is 1. The molecule has 0 aromatic heterocycles. The first kappa shape index (κ1) is 36.9. The molecule has 7 rings (SSSR count). The monoisotopic (exact) mass is 747 g/mol. The summed E-state index contributed by atoms with van der Waals surface area (Å²) < 4.78 is 68.9. The van der Waals surface area contributed by atoms with Crippen LogP contribution in [0.15, 0.2) is 71.6 Å². The van der Waals surface area contributed by atoms with E-state index in [9.17, 15) is 13.2 Å². The predicted molar refractivity (Wildman–Crippen MR) is 191 cm³/mol. The second kappa shape index (κ2) is 15.2. The van der Waals surface area contributed by atoms with E-state index in [0.29, 0.717) is 42.4 Å². The Bertz CT molecular complexity index is 1930. The third-order valence-corrected chi connectivity index (χ3v) is 12.5. The number of hydrogen-bond donors (Lipinski definition) is 1. The van der Waals surface area contributed by atoms with Crippen molar-refractivity contribution in [3.05, 3.63) is 83.4 Å². The van der Waals surface area contributed by atoms with Crippen LogP contribution in [0.5, 0.6) is 17.2 Å². The van der Waals surface area contributed by atoms with Gasteiger partial charge in [-0.3, -0.25) is 10.2 Å². The van der Waals surface area contributed by atoms with Crippen LogP contribution in [0.3, 0.4) is 0 Å². The zero-order valence-electron chi connectivity index (χ0n) is 30.2. The van der Waals surface area contributed by atoms with Crippen LogP contribution in [-0.2, 0) is 41.8 Å². The van der Waals surface area contributed by atoms with E-state index in [1.54, 1.807) is 23.1 Å². The molecule has 0 bridgehead atoms. The number of sulfone groups is 1. The number of nitriles is 1. The van der Waals surface area contributed by atoms with Gasteiger partial charge in [0.15, 0.2) is 27.6 Å². The molecule has 53 heavy (non-hydrogen) atoms. The Morgan fingerprint density at radius 2 is 1.75 bits per heavy atom. The van der Waals surface area contributed by atoms with Crippen molar-refractivity contribution in [2.45, 2.75) is 87.7 Å². The van der Waals surface area contributed by atoms with Crippen molar-refractivity contribution in [2.75, 3.05) is 26.6 Å². The second-order valence-corrected chi connectivity index (χ2v) is 16.6.